The lowest BCUT2D eigenvalue weighted by Crippen LogP contribution is -2.24. The Morgan fingerprint density at radius 3 is 2.43 bits per heavy atom. The molecule has 112 valence electrons. The first-order chi connectivity index (χ1) is 11.2. The number of fused-ring (bicyclic) bond motifs is 1. The number of hydrogen-bond acceptors (Lipinski definition) is 4. The van der Waals surface area contributed by atoms with Crippen molar-refractivity contribution >= 4 is 17.4 Å². The van der Waals surface area contributed by atoms with Crippen LogP contribution >= 0.6 is 0 Å². The zero-order valence-corrected chi connectivity index (χ0v) is 12.3. The Kier molecular flexibility index (Phi) is 3.89. The Hall–Kier alpha value is -3.39. The number of nitriles is 1. The van der Waals surface area contributed by atoms with E-state index in [1.54, 1.807) is 6.07 Å². The van der Waals surface area contributed by atoms with Gasteiger partial charge >= 0.3 is 0 Å². The van der Waals surface area contributed by atoms with Gasteiger partial charge in [-0.15, -0.1) is 0 Å². The molecule has 3 rings (SSSR count). The summed E-state index contributed by atoms with van der Waals surface area (Å²) in [6.45, 7) is 0.346. The van der Waals surface area contributed by atoms with Gasteiger partial charge in [0.05, 0.1) is 5.70 Å². The van der Waals surface area contributed by atoms with Gasteiger partial charge in [0, 0.05) is 17.7 Å². The Balaban J connectivity index is 1.88. The summed E-state index contributed by atoms with van der Waals surface area (Å²) in [4.78, 5) is 16.5. The minimum absolute atomic E-state index is 0.0335. The lowest BCUT2D eigenvalue weighted by atomic mass is 10.0. The topological polar surface area (TPSA) is 91.3 Å². The Morgan fingerprint density at radius 2 is 1.74 bits per heavy atom. The van der Waals surface area contributed by atoms with Crippen molar-refractivity contribution in [2.24, 2.45) is 10.7 Å². The van der Waals surface area contributed by atoms with Gasteiger partial charge in [0.2, 0.25) is 0 Å². The van der Waals surface area contributed by atoms with E-state index in [0.717, 1.165) is 11.1 Å². The number of aliphatic imine (C=N–C) groups is 1. The van der Waals surface area contributed by atoms with Crippen molar-refractivity contribution in [3.05, 3.63) is 76.9 Å². The maximum atomic E-state index is 12.3. The molecule has 5 heteroatoms. The van der Waals surface area contributed by atoms with E-state index in [0.29, 0.717) is 23.6 Å². The van der Waals surface area contributed by atoms with Crippen molar-refractivity contribution < 1.29 is 4.79 Å². The van der Waals surface area contributed by atoms with Crippen molar-refractivity contribution in [1.29, 1.82) is 5.26 Å². The number of rotatable bonds is 3. The zero-order valence-electron chi connectivity index (χ0n) is 12.3. The molecule has 0 aromatic heterocycles. The Bertz CT molecular complexity index is 860. The lowest BCUT2D eigenvalue weighted by molar-refractivity contribution is -0.117. The maximum Gasteiger partial charge on any atom is 0.264 e. The average Bonchev–Trinajstić information content (AvgIpc) is 2.92. The van der Waals surface area contributed by atoms with Crippen LogP contribution in [0.5, 0.6) is 0 Å². The van der Waals surface area contributed by atoms with Crippen LogP contribution in [0, 0.1) is 11.3 Å². The second kappa shape index (κ2) is 6.16. The highest BCUT2D eigenvalue weighted by Gasteiger charge is 2.24. The van der Waals surface area contributed by atoms with E-state index in [-0.39, 0.29) is 5.57 Å². The monoisotopic (exact) mass is 302 g/mol. The minimum Gasteiger partial charge on any atom is -0.383 e. The van der Waals surface area contributed by atoms with E-state index in [1.165, 1.54) is 0 Å². The number of carbonyl (C=O) groups excluding carboxylic acids is 1. The molecule has 0 atom stereocenters. The fourth-order valence-electron chi connectivity index (χ4n) is 2.42. The molecule has 0 saturated heterocycles. The van der Waals surface area contributed by atoms with Gasteiger partial charge in [0.25, 0.3) is 5.91 Å². The van der Waals surface area contributed by atoms with Gasteiger partial charge < -0.3 is 11.1 Å². The molecule has 5 nitrogen and oxygen atoms in total. The third kappa shape index (κ3) is 2.83. The predicted molar refractivity (Wildman–Crippen MR) is 88.0 cm³/mol. The maximum absolute atomic E-state index is 12.3. The van der Waals surface area contributed by atoms with Crippen molar-refractivity contribution in [3.8, 4) is 6.07 Å². The van der Waals surface area contributed by atoms with Gasteiger partial charge in [-0.25, -0.2) is 4.99 Å². The molecule has 2 aromatic carbocycles. The summed E-state index contributed by atoms with van der Waals surface area (Å²) in [6, 6.07) is 18.7. The molecule has 1 amide bonds. The van der Waals surface area contributed by atoms with E-state index in [9.17, 15) is 10.1 Å². The summed E-state index contributed by atoms with van der Waals surface area (Å²) < 4.78 is 0. The first-order valence-corrected chi connectivity index (χ1v) is 7.11. The summed E-state index contributed by atoms with van der Waals surface area (Å²) in [7, 11) is 0. The quantitative estimate of drug-likeness (QED) is 0.670. The number of hydrogen-bond donors (Lipinski definition) is 2. The number of nitrogens with two attached hydrogens (primary N) is 1. The normalized spacial score (nSPS) is 14.5. The van der Waals surface area contributed by atoms with Gasteiger partial charge in [-0.3, -0.25) is 4.79 Å². The summed E-state index contributed by atoms with van der Waals surface area (Å²) in [5.74, 6) is -0.140. The Morgan fingerprint density at radius 1 is 1.09 bits per heavy atom. The smallest absolute Gasteiger partial charge is 0.264 e. The van der Waals surface area contributed by atoms with Crippen LogP contribution in [0.2, 0.25) is 0 Å². The standard InChI is InChI=1S/C18H14N4O/c19-10-15(18(23)21-11-12-6-2-1-3-7-12)16-13-8-4-5-9-14(13)17(20)22-16/h1-9H,11H2,(H2,20,22)(H,21,23). The van der Waals surface area contributed by atoms with Crippen LogP contribution in [0.15, 0.2) is 65.2 Å². The van der Waals surface area contributed by atoms with Crippen molar-refractivity contribution in [3.63, 3.8) is 0 Å². The minimum atomic E-state index is -0.459. The third-order valence-electron chi connectivity index (χ3n) is 3.56. The molecule has 1 aliphatic heterocycles. The summed E-state index contributed by atoms with van der Waals surface area (Å²) in [5.41, 5.74) is 8.56. The van der Waals surface area contributed by atoms with Crippen molar-refractivity contribution in [2.45, 2.75) is 6.54 Å². The molecule has 0 saturated carbocycles. The van der Waals surface area contributed by atoms with Crippen LogP contribution in [-0.2, 0) is 11.3 Å². The summed E-state index contributed by atoms with van der Waals surface area (Å²) in [6.07, 6.45) is 0. The van der Waals surface area contributed by atoms with Crippen LogP contribution in [0.4, 0.5) is 0 Å². The van der Waals surface area contributed by atoms with Gasteiger partial charge in [0.15, 0.2) is 0 Å². The van der Waals surface area contributed by atoms with E-state index in [1.807, 2.05) is 54.6 Å². The molecular weight excluding hydrogens is 288 g/mol. The highest BCUT2D eigenvalue weighted by molar-refractivity contribution is 6.14. The lowest BCUT2D eigenvalue weighted by Gasteiger charge is -2.06. The number of amidine groups is 1. The third-order valence-corrected chi connectivity index (χ3v) is 3.56. The fraction of sp³-hybridized carbons (Fsp3) is 0.0556. The molecule has 0 spiro atoms. The fourth-order valence-corrected chi connectivity index (χ4v) is 2.42. The highest BCUT2D eigenvalue weighted by Crippen LogP contribution is 2.29. The summed E-state index contributed by atoms with van der Waals surface area (Å²) in [5, 5.41) is 12.1. The van der Waals surface area contributed by atoms with Gasteiger partial charge in [-0.2, -0.15) is 5.26 Å². The number of carbonyl (C=O) groups is 1. The molecule has 2 aromatic rings. The van der Waals surface area contributed by atoms with E-state index in [4.69, 9.17) is 5.73 Å². The molecule has 0 fully saturated rings. The van der Waals surface area contributed by atoms with Crippen LogP contribution in [0.1, 0.15) is 16.7 Å². The molecule has 0 radical (unpaired) electrons. The second-order valence-electron chi connectivity index (χ2n) is 5.05. The first-order valence-electron chi connectivity index (χ1n) is 7.11. The van der Waals surface area contributed by atoms with Gasteiger partial charge in [0.1, 0.15) is 17.5 Å². The van der Waals surface area contributed by atoms with Crippen LogP contribution in [0.25, 0.3) is 5.70 Å². The summed E-state index contributed by atoms with van der Waals surface area (Å²) >= 11 is 0. The number of benzene rings is 2. The zero-order chi connectivity index (χ0) is 16.2. The average molecular weight is 302 g/mol. The van der Waals surface area contributed by atoms with Crippen molar-refractivity contribution in [2.75, 3.05) is 0 Å². The predicted octanol–water partition coefficient (Wildman–Crippen LogP) is 1.96. The van der Waals surface area contributed by atoms with Gasteiger partial charge in [-0.05, 0) is 5.56 Å². The first kappa shape index (κ1) is 14.5. The number of nitrogens with one attached hydrogen (secondary N) is 1. The number of amides is 1. The molecule has 0 bridgehead atoms. The van der Waals surface area contributed by atoms with E-state index in [2.05, 4.69) is 10.3 Å². The molecule has 0 aliphatic carbocycles. The largest absolute Gasteiger partial charge is 0.383 e. The molecule has 1 heterocycles. The van der Waals surface area contributed by atoms with Gasteiger partial charge in [-0.1, -0.05) is 54.6 Å². The van der Waals surface area contributed by atoms with Crippen LogP contribution in [0.3, 0.4) is 0 Å². The van der Waals surface area contributed by atoms with Crippen LogP contribution in [-0.4, -0.2) is 11.7 Å². The molecule has 0 unspecified atom stereocenters. The van der Waals surface area contributed by atoms with E-state index < -0.39 is 5.91 Å². The molecule has 23 heavy (non-hydrogen) atoms. The van der Waals surface area contributed by atoms with E-state index >= 15 is 0 Å². The Labute approximate surface area is 133 Å². The number of nitrogens with zero attached hydrogens (tertiary/aromatic N) is 2. The SMILES string of the molecule is N#CC(C(=O)NCc1ccccc1)=C1N=C(N)c2ccccc21. The molecule has 3 N–H and O–H groups in total. The molecular formula is C18H14N4O. The second-order valence-corrected chi connectivity index (χ2v) is 5.05. The highest BCUT2D eigenvalue weighted by atomic mass is 16.1. The molecule has 1 aliphatic rings. The van der Waals surface area contributed by atoms with Crippen molar-refractivity contribution in [1.82, 2.24) is 5.32 Å². The van der Waals surface area contributed by atoms with Crippen LogP contribution < -0.4 is 11.1 Å².